The van der Waals surface area contributed by atoms with Crippen LogP contribution in [0.4, 0.5) is 10.7 Å². The number of carbonyl (C=O) groups is 1. The molecular formula is C13H19N3OS. The Morgan fingerprint density at radius 2 is 2.00 bits per heavy atom. The van der Waals surface area contributed by atoms with Gasteiger partial charge in [0.15, 0.2) is 5.78 Å². The van der Waals surface area contributed by atoms with Crippen LogP contribution in [0.3, 0.4) is 0 Å². The maximum absolute atomic E-state index is 12.0. The maximum Gasteiger partial charge on any atom is 0.177 e. The molecule has 1 rings (SSSR count). The van der Waals surface area contributed by atoms with E-state index < -0.39 is 0 Å². The van der Waals surface area contributed by atoms with Crippen LogP contribution in [0, 0.1) is 17.2 Å². The second kappa shape index (κ2) is 5.87. The third kappa shape index (κ3) is 2.49. The number of anilines is 2. The van der Waals surface area contributed by atoms with E-state index in [0.29, 0.717) is 16.1 Å². The van der Waals surface area contributed by atoms with Crippen molar-refractivity contribution in [3.05, 3.63) is 10.4 Å². The summed E-state index contributed by atoms with van der Waals surface area (Å²) >= 11 is 1.33. The van der Waals surface area contributed by atoms with Crippen LogP contribution in [0.15, 0.2) is 0 Å². The number of nitriles is 1. The van der Waals surface area contributed by atoms with Gasteiger partial charge in [0.25, 0.3) is 0 Å². The Balaban J connectivity index is 3.35. The van der Waals surface area contributed by atoms with Gasteiger partial charge in [-0.3, -0.25) is 4.79 Å². The number of ketones is 1. The zero-order valence-corrected chi connectivity index (χ0v) is 12.1. The Labute approximate surface area is 112 Å². The molecule has 0 aromatic carbocycles. The number of nitrogens with two attached hydrogens (primary N) is 1. The minimum Gasteiger partial charge on any atom is -0.396 e. The zero-order chi connectivity index (χ0) is 13.9. The molecule has 2 N–H and O–H groups in total. The second-order valence-electron chi connectivity index (χ2n) is 4.33. The van der Waals surface area contributed by atoms with Crippen LogP contribution < -0.4 is 10.6 Å². The zero-order valence-electron chi connectivity index (χ0n) is 11.3. The van der Waals surface area contributed by atoms with Gasteiger partial charge in [-0.2, -0.15) is 5.26 Å². The van der Waals surface area contributed by atoms with E-state index >= 15 is 0 Å². The highest BCUT2D eigenvalue weighted by atomic mass is 32.1. The molecule has 1 heterocycles. The van der Waals surface area contributed by atoms with Gasteiger partial charge >= 0.3 is 0 Å². The quantitative estimate of drug-likeness (QED) is 0.831. The minimum atomic E-state index is -0.109. The van der Waals surface area contributed by atoms with Crippen LogP contribution in [0.2, 0.25) is 0 Å². The number of hydrogen-bond donors (Lipinski definition) is 1. The largest absolute Gasteiger partial charge is 0.396 e. The first-order valence-electron chi connectivity index (χ1n) is 6.09. The summed E-state index contributed by atoms with van der Waals surface area (Å²) in [4.78, 5) is 14.6. The number of nitrogen functional groups attached to an aromatic ring is 1. The molecule has 5 heteroatoms. The predicted molar refractivity (Wildman–Crippen MR) is 76.2 cm³/mol. The highest BCUT2D eigenvalue weighted by Gasteiger charge is 2.24. The van der Waals surface area contributed by atoms with Crippen LogP contribution in [0.25, 0.3) is 0 Å². The standard InChI is InChI=1S/C13H19N3OS/c1-5-16(6-2)13-9(7-14)10(15)12(18-13)11(17)8(3)4/h8H,5-6,15H2,1-4H3. The lowest BCUT2D eigenvalue weighted by atomic mass is 10.1. The number of hydrogen-bond acceptors (Lipinski definition) is 5. The number of nitrogens with zero attached hydrogens (tertiary/aromatic N) is 2. The van der Waals surface area contributed by atoms with Gasteiger partial charge in [-0.05, 0) is 13.8 Å². The second-order valence-corrected chi connectivity index (χ2v) is 5.33. The van der Waals surface area contributed by atoms with Gasteiger partial charge in [-0.25, -0.2) is 0 Å². The lowest BCUT2D eigenvalue weighted by molar-refractivity contribution is 0.0944. The fraction of sp³-hybridized carbons (Fsp3) is 0.538. The molecule has 0 amide bonds. The summed E-state index contributed by atoms with van der Waals surface area (Å²) in [5.41, 5.74) is 6.71. The Kier molecular flexibility index (Phi) is 4.74. The smallest absolute Gasteiger partial charge is 0.177 e. The molecule has 0 fully saturated rings. The average Bonchev–Trinajstić information content (AvgIpc) is 2.67. The number of Topliss-reactive ketones (excluding diaryl/α,β-unsaturated/α-hetero) is 1. The first-order chi connectivity index (χ1) is 8.47. The minimum absolute atomic E-state index is 0.00686. The lowest BCUT2D eigenvalue weighted by Gasteiger charge is -2.18. The van der Waals surface area contributed by atoms with Gasteiger partial charge in [0.2, 0.25) is 0 Å². The van der Waals surface area contributed by atoms with E-state index in [1.54, 1.807) is 0 Å². The summed E-state index contributed by atoms with van der Waals surface area (Å²) in [6, 6.07) is 2.12. The van der Waals surface area contributed by atoms with Crippen molar-refractivity contribution in [2.45, 2.75) is 27.7 Å². The molecule has 1 aromatic heterocycles. The molecule has 0 bridgehead atoms. The van der Waals surface area contributed by atoms with Crippen molar-refractivity contribution in [2.24, 2.45) is 5.92 Å². The SMILES string of the molecule is CCN(CC)c1sc(C(=O)C(C)C)c(N)c1C#N. The lowest BCUT2D eigenvalue weighted by Crippen LogP contribution is -2.21. The number of thiophene rings is 1. The fourth-order valence-corrected chi connectivity index (χ4v) is 3.10. The molecule has 0 atom stereocenters. The summed E-state index contributed by atoms with van der Waals surface area (Å²) in [5.74, 6) is -0.102. The molecule has 18 heavy (non-hydrogen) atoms. The number of rotatable bonds is 5. The molecule has 0 aliphatic rings. The molecule has 0 aliphatic carbocycles. The van der Waals surface area contributed by atoms with Crippen molar-refractivity contribution in [3.63, 3.8) is 0 Å². The first-order valence-corrected chi connectivity index (χ1v) is 6.90. The molecular weight excluding hydrogens is 246 g/mol. The van der Waals surface area contributed by atoms with Gasteiger partial charge < -0.3 is 10.6 Å². The van der Waals surface area contributed by atoms with Crippen LogP contribution in [-0.2, 0) is 0 Å². The topological polar surface area (TPSA) is 70.1 Å². The highest BCUT2D eigenvalue weighted by molar-refractivity contribution is 7.19. The monoisotopic (exact) mass is 265 g/mol. The molecule has 98 valence electrons. The molecule has 0 saturated heterocycles. The van der Waals surface area contributed by atoms with Crippen LogP contribution in [0.1, 0.15) is 42.9 Å². The van der Waals surface area contributed by atoms with Crippen LogP contribution in [0.5, 0.6) is 0 Å². The van der Waals surface area contributed by atoms with E-state index in [9.17, 15) is 10.1 Å². The predicted octanol–water partition coefficient (Wildman–Crippen LogP) is 2.89. The van der Waals surface area contributed by atoms with E-state index in [4.69, 9.17) is 5.73 Å². The fourth-order valence-electron chi connectivity index (χ4n) is 1.72. The summed E-state index contributed by atoms with van der Waals surface area (Å²) in [7, 11) is 0. The van der Waals surface area contributed by atoms with Gasteiger partial charge in [-0.15, -0.1) is 11.3 Å². The van der Waals surface area contributed by atoms with E-state index in [-0.39, 0.29) is 11.7 Å². The van der Waals surface area contributed by atoms with Crippen molar-refractivity contribution in [1.82, 2.24) is 0 Å². The Morgan fingerprint density at radius 1 is 1.44 bits per heavy atom. The molecule has 4 nitrogen and oxygen atoms in total. The highest BCUT2D eigenvalue weighted by Crippen LogP contribution is 2.38. The van der Waals surface area contributed by atoms with Crippen molar-refractivity contribution < 1.29 is 4.79 Å². The Bertz CT molecular complexity index is 481. The normalized spacial score (nSPS) is 10.4. The molecule has 0 spiro atoms. The van der Waals surface area contributed by atoms with Crippen LogP contribution in [-0.4, -0.2) is 18.9 Å². The molecule has 1 aromatic rings. The Morgan fingerprint density at radius 3 is 2.39 bits per heavy atom. The summed E-state index contributed by atoms with van der Waals surface area (Å²) < 4.78 is 0. The van der Waals surface area contributed by atoms with Gasteiger partial charge in [0.1, 0.15) is 16.6 Å². The molecule has 0 aliphatic heterocycles. The van der Waals surface area contributed by atoms with Crippen molar-refractivity contribution >= 4 is 27.8 Å². The van der Waals surface area contributed by atoms with E-state index in [1.165, 1.54) is 11.3 Å². The maximum atomic E-state index is 12.0. The van der Waals surface area contributed by atoms with Gasteiger partial charge in [0.05, 0.1) is 10.6 Å². The van der Waals surface area contributed by atoms with Crippen molar-refractivity contribution in [2.75, 3.05) is 23.7 Å². The van der Waals surface area contributed by atoms with E-state index in [2.05, 4.69) is 11.0 Å². The Hall–Kier alpha value is -1.54. The molecule has 0 unspecified atom stereocenters. The van der Waals surface area contributed by atoms with Crippen LogP contribution >= 0.6 is 11.3 Å². The summed E-state index contributed by atoms with van der Waals surface area (Å²) in [6.07, 6.45) is 0. The third-order valence-corrected chi connectivity index (χ3v) is 4.12. The van der Waals surface area contributed by atoms with E-state index in [1.807, 2.05) is 27.7 Å². The van der Waals surface area contributed by atoms with Gasteiger partial charge in [0, 0.05) is 19.0 Å². The summed E-state index contributed by atoms with van der Waals surface area (Å²) in [6.45, 7) is 9.30. The van der Waals surface area contributed by atoms with E-state index in [0.717, 1.165) is 18.1 Å². The van der Waals surface area contributed by atoms with Crippen molar-refractivity contribution in [3.8, 4) is 6.07 Å². The average molecular weight is 265 g/mol. The van der Waals surface area contributed by atoms with Crippen molar-refractivity contribution in [1.29, 1.82) is 5.26 Å². The number of carbonyl (C=O) groups excluding carboxylic acids is 1. The molecule has 0 saturated carbocycles. The third-order valence-electron chi connectivity index (χ3n) is 2.84. The summed E-state index contributed by atoms with van der Waals surface area (Å²) in [5, 5.41) is 10.0. The first kappa shape index (κ1) is 14.5. The van der Waals surface area contributed by atoms with Gasteiger partial charge in [-0.1, -0.05) is 13.8 Å². The molecule has 0 radical (unpaired) electrons.